The molecule has 0 bridgehead atoms. The van der Waals surface area contributed by atoms with Crippen molar-refractivity contribution in [1.29, 1.82) is 5.26 Å². The van der Waals surface area contributed by atoms with Crippen molar-refractivity contribution in [3.8, 4) is 6.07 Å². The van der Waals surface area contributed by atoms with Crippen LogP contribution in [0.15, 0.2) is 53.7 Å². The number of benzene rings is 1. The molecule has 0 radical (unpaired) electrons. The molecule has 0 amide bonds. The second-order valence-corrected chi connectivity index (χ2v) is 10.6. The molecule has 1 saturated heterocycles. The summed E-state index contributed by atoms with van der Waals surface area (Å²) in [5, 5.41) is 9.98. The second kappa shape index (κ2) is 10.3. The predicted octanol–water partition coefficient (Wildman–Crippen LogP) is 4.67. The number of nitriles is 1. The van der Waals surface area contributed by atoms with Crippen LogP contribution in [0.2, 0.25) is 0 Å². The first-order chi connectivity index (χ1) is 16.0. The molecule has 4 rings (SSSR count). The summed E-state index contributed by atoms with van der Waals surface area (Å²) < 4.78 is 27.3. The fraction of sp³-hybridized carbons (Fsp3) is 0.400. The van der Waals surface area contributed by atoms with Crippen LogP contribution in [0.3, 0.4) is 0 Å². The zero-order valence-corrected chi connectivity index (χ0v) is 19.4. The minimum absolute atomic E-state index is 0.130. The number of rotatable bonds is 9. The number of sulfonamides is 1. The van der Waals surface area contributed by atoms with Gasteiger partial charge in [0.1, 0.15) is 0 Å². The molecule has 8 heteroatoms. The zero-order valence-electron chi connectivity index (χ0n) is 18.5. The summed E-state index contributed by atoms with van der Waals surface area (Å²) in [6, 6.07) is 11.9. The molecule has 1 N–H and O–H groups in total. The number of nitrogens with zero attached hydrogens (tertiary/aromatic N) is 3. The van der Waals surface area contributed by atoms with Crippen LogP contribution >= 0.6 is 0 Å². The summed E-state index contributed by atoms with van der Waals surface area (Å²) in [6.07, 6.45) is 9.64. The third-order valence-corrected chi connectivity index (χ3v) is 8.31. The van der Waals surface area contributed by atoms with Gasteiger partial charge in [-0.05, 0) is 55.5 Å². The minimum Gasteiger partial charge on any atom is -0.352 e. The number of carbonyl (C=O) groups excluding carboxylic acids is 1. The number of fused-ring (bicyclic) bond motifs is 1. The molecular formula is C25H28N4O3S. The molecule has 1 aliphatic rings. The molecule has 0 saturated carbocycles. The monoisotopic (exact) mass is 464 g/mol. The van der Waals surface area contributed by atoms with E-state index in [0.717, 1.165) is 49.4 Å². The maximum absolute atomic E-state index is 12.9. The Morgan fingerprint density at radius 3 is 2.73 bits per heavy atom. The highest BCUT2D eigenvalue weighted by Crippen LogP contribution is 2.27. The van der Waals surface area contributed by atoms with Crippen LogP contribution in [-0.2, 0) is 10.0 Å². The number of hydrogen-bond donors (Lipinski definition) is 1. The Kier molecular flexibility index (Phi) is 7.21. The number of carbonyl (C=O) groups is 1. The van der Waals surface area contributed by atoms with Crippen molar-refractivity contribution in [2.24, 2.45) is 5.92 Å². The van der Waals surface area contributed by atoms with E-state index in [9.17, 15) is 13.2 Å². The molecule has 33 heavy (non-hydrogen) atoms. The van der Waals surface area contributed by atoms with Gasteiger partial charge in [0.2, 0.25) is 10.0 Å². The van der Waals surface area contributed by atoms with Gasteiger partial charge in [0.15, 0.2) is 5.78 Å². The number of aromatic nitrogens is 2. The maximum Gasteiger partial charge on any atom is 0.243 e. The molecule has 172 valence electrons. The lowest BCUT2D eigenvalue weighted by Crippen LogP contribution is -2.38. The first kappa shape index (κ1) is 23.1. The van der Waals surface area contributed by atoms with Gasteiger partial charge in [0.05, 0.1) is 22.2 Å². The Balaban J connectivity index is 1.18. The Hall–Kier alpha value is -3.02. The van der Waals surface area contributed by atoms with Crippen LogP contribution in [0.5, 0.6) is 0 Å². The van der Waals surface area contributed by atoms with Crippen LogP contribution in [0.4, 0.5) is 0 Å². The van der Waals surface area contributed by atoms with E-state index in [2.05, 4.69) is 9.97 Å². The Morgan fingerprint density at radius 1 is 1.15 bits per heavy atom. The van der Waals surface area contributed by atoms with Crippen molar-refractivity contribution in [1.82, 2.24) is 14.3 Å². The van der Waals surface area contributed by atoms with Gasteiger partial charge in [-0.1, -0.05) is 25.3 Å². The third-order valence-electron chi connectivity index (χ3n) is 6.41. The highest BCUT2D eigenvalue weighted by Gasteiger charge is 2.29. The normalized spacial score (nSPS) is 15.5. The number of piperidine rings is 1. The lowest BCUT2D eigenvalue weighted by Gasteiger charge is -2.31. The maximum atomic E-state index is 12.9. The highest BCUT2D eigenvalue weighted by molar-refractivity contribution is 7.89. The van der Waals surface area contributed by atoms with E-state index in [1.165, 1.54) is 10.4 Å². The van der Waals surface area contributed by atoms with Gasteiger partial charge < -0.3 is 4.98 Å². The number of H-pyrrole nitrogens is 1. The van der Waals surface area contributed by atoms with E-state index in [1.807, 2.05) is 18.2 Å². The molecule has 0 spiro atoms. The number of pyridine rings is 1. The van der Waals surface area contributed by atoms with E-state index in [1.54, 1.807) is 30.6 Å². The fourth-order valence-electron chi connectivity index (χ4n) is 4.47. The summed E-state index contributed by atoms with van der Waals surface area (Å²) >= 11 is 0. The average molecular weight is 465 g/mol. The summed E-state index contributed by atoms with van der Waals surface area (Å²) in [5.41, 5.74) is 1.93. The van der Waals surface area contributed by atoms with E-state index < -0.39 is 10.0 Å². The quantitative estimate of drug-likeness (QED) is 0.366. The zero-order chi connectivity index (χ0) is 23.3. The SMILES string of the molecule is N#Cc1cccc(S(=O)(=O)N2CCC(CCCCCC(=O)c3cc4cnccc4[nH]3)CC2)c1. The van der Waals surface area contributed by atoms with Gasteiger partial charge in [0, 0.05) is 42.8 Å². The molecule has 0 atom stereocenters. The first-order valence-corrected chi connectivity index (χ1v) is 12.9. The predicted molar refractivity (Wildman–Crippen MR) is 126 cm³/mol. The number of ketones is 1. The van der Waals surface area contributed by atoms with Crippen molar-refractivity contribution in [3.05, 3.63) is 60.0 Å². The molecular weight excluding hydrogens is 436 g/mol. The van der Waals surface area contributed by atoms with Gasteiger partial charge >= 0.3 is 0 Å². The Morgan fingerprint density at radius 2 is 1.97 bits per heavy atom. The van der Waals surface area contributed by atoms with Crippen molar-refractivity contribution >= 4 is 26.7 Å². The smallest absolute Gasteiger partial charge is 0.243 e. The summed E-state index contributed by atoms with van der Waals surface area (Å²) in [5.74, 6) is 0.643. The van der Waals surface area contributed by atoms with E-state index >= 15 is 0 Å². The van der Waals surface area contributed by atoms with Crippen molar-refractivity contribution < 1.29 is 13.2 Å². The van der Waals surface area contributed by atoms with Crippen LogP contribution in [0.25, 0.3) is 10.9 Å². The largest absolute Gasteiger partial charge is 0.352 e. The molecule has 7 nitrogen and oxygen atoms in total. The van der Waals surface area contributed by atoms with Crippen LogP contribution in [-0.4, -0.2) is 41.6 Å². The summed E-state index contributed by atoms with van der Waals surface area (Å²) in [7, 11) is -3.56. The number of hydrogen-bond acceptors (Lipinski definition) is 5. The number of aromatic amines is 1. The lowest BCUT2D eigenvalue weighted by atomic mass is 9.92. The van der Waals surface area contributed by atoms with Crippen LogP contribution in [0.1, 0.15) is 61.0 Å². The van der Waals surface area contributed by atoms with Gasteiger partial charge in [-0.2, -0.15) is 9.57 Å². The molecule has 1 fully saturated rings. The van der Waals surface area contributed by atoms with Gasteiger partial charge in [0.25, 0.3) is 0 Å². The average Bonchev–Trinajstić information content (AvgIpc) is 3.28. The van der Waals surface area contributed by atoms with E-state index in [-0.39, 0.29) is 10.7 Å². The standard InChI is InChI=1S/C25H28N4O3S/c26-17-20-6-4-7-22(15-20)33(31,32)29-13-10-19(11-14-29)5-2-1-3-8-25(30)24-16-21-18-27-12-9-23(21)28-24/h4,6-7,9,12,15-16,18-19,28H,1-3,5,8,10-11,13-14H2. The van der Waals surface area contributed by atoms with E-state index in [4.69, 9.17) is 5.26 Å². The molecule has 1 aliphatic heterocycles. The van der Waals surface area contributed by atoms with Crippen LogP contribution < -0.4 is 0 Å². The molecule has 3 aromatic rings. The van der Waals surface area contributed by atoms with Crippen molar-refractivity contribution in [2.75, 3.05) is 13.1 Å². The molecule has 0 aliphatic carbocycles. The Labute approximate surface area is 194 Å². The third kappa shape index (κ3) is 5.49. The lowest BCUT2D eigenvalue weighted by molar-refractivity contribution is 0.0975. The fourth-order valence-corrected chi connectivity index (χ4v) is 5.98. The summed E-state index contributed by atoms with van der Waals surface area (Å²) in [4.78, 5) is 19.9. The molecule has 3 heterocycles. The number of unbranched alkanes of at least 4 members (excludes halogenated alkanes) is 2. The molecule has 1 aromatic carbocycles. The van der Waals surface area contributed by atoms with Gasteiger partial charge in [-0.25, -0.2) is 8.42 Å². The molecule has 2 aromatic heterocycles. The first-order valence-electron chi connectivity index (χ1n) is 11.4. The molecule has 0 unspecified atom stereocenters. The highest BCUT2D eigenvalue weighted by atomic mass is 32.2. The number of nitrogens with one attached hydrogen (secondary N) is 1. The van der Waals surface area contributed by atoms with Crippen molar-refractivity contribution in [3.63, 3.8) is 0 Å². The second-order valence-electron chi connectivity index (χ2n) is 8.66. The minimum atomic E-state index is -3.56. The number of Topliss-reactive ketones (excluding diaryl/α,β-unsaturated/α-hetero) is 1. The Bertz CT molecular complexity index is 1240. The van der Waals surface area contributed by atoms with Gasteiger partial charge in [-0.3, -0.25) is 9.78 Å². The van der Waals surface area contributed by atoms with E-state index in [0.29, 0.717) is 36.7 Å². The van der Waals surface area contributed by atoms with Crippen molar-refractivity contribution in [2.45, 2.75) is 49.8 Å². The topological polar surface area (TPSA) is 107 Å². The van der Waals surface area contributed by atoms with Gasteiger partial charge in [-0.15, -0.1) is 0 Å². The summed E-state index contributed by atoms with van der Waals surface area (Å²) in [6.45, 7) is 1.02. The van der Waals surface area contributed by atoms with Crippen LogP contribution in [0, 0.1) is 17.2 Å².